The number of benzene rings is 1. The number of aryl methyl sites for hydroxylation is 1. The fourth-order valence-corrected chi connectivity index (χ4v) is 1.74. The molecule has 19 heavy (non-hydrogen) atoms. The van der Waals surface area contributed by atoms with E-state index in [1.54, 1.807) is 7.05 Å². The molecule has 2 aromatic rings. The average Bonchev–Trinajstić information content (AvgIpc) is 2.41. The number of hydrogen-bond donors (Lipinski definition) is 2. The Kier molecular flexibility index (Phi) is 3.91. The van der Waals surface area contributed by atoms with Gasteiger partial charge in [-0.15, -0.1) is 0 Å². The summed E-state index contributed by atoms with van der Waals surface area (Å²) in [6, 6.07) is 7.80. The zero-order valence-electron chi connectivity index (χ0n) is 11.3. The van der Waals surface area contributed by atoms with Crippen LogP contribution in [0.2, 0.25) is 0 Å². The molecule has 0 bridgehead atoms. The standard InChI is InChI=1S/C13H17N5O/c1-4-14-17-12-15-11(18(3)13(19)16-12)10-8-6-5-7-9(10)2/h5-8,14H,4H2,1-3H3,(H,16,17,19). The molecule has 0 aliphatic rings. The van der Waals surface area contributed by atoms with Gasteiger partial charge in [-0.2, -0.15) is 9.97 Å². The second-order valence-electron chi connectivity index (χ2n) is 4.18. The normalized spacial score (nSPS) is 10.5. The van der Waals surface area contributed by atoms with Crippen molar-refractivity contribution in [2.45, 2.75) is 13.8 Å². The van der Waals surface area contributed by atoms with Crippen molar-refractivity contribution < 1.29 is 0 Å². The highest BCUT2D eigenvalue weighted by Gasteiger charge is 2.10. The second-order valence-corrected chi connectivity index (χ2v) is 4.18. The van der Waals surface area contributed by atoms with E-state index in [2.05, 4.69) is 20.8 Å². The molecule has 1 aromatic heterocycles. The van der Waals surface area contributed by atoms with Gasteiger partial charge in [-0.05, 0) is 12.5 Å². The van der Waals surface area contributed by atoms with E-state index in [9.17, 15) is 4.79 Å². The Morgan fingerprint density at radius 1 is 1.26 bits per heavy atom. The molecule has 2 rings (SSSR count). The molecule has 1 heterocycles. The van der Waals surface area contributed by atoms with Crippen molar-refractivity contribution in [2.75, 3.05) is 12.0 Å². The monoisotopic (exact) mass is 259 g/mol. The van der Waals surface area contributed by atoms with Gasteiger partial charge < -0.3 is 0 Å². The Morgan fingerprint density at radius 2 is 2.00 bits per heavy atom. The van der Waals surface area contributed by atoms with Gasteiger partial charge in [-0.25, -0.2) is 10.2 Å². The lowest BCUT2D eigenvalue weighted by molar-refractivity contribution is 0.760. The summed E-state index contributed by atoms with van der Waals surface area (Å²) in [5.41, 5.74) is 7.33. The quantitative estimate of drug-likeness (QED) is 0.804. The highest BCUT2D eigenvalue weighted by atomic mass is 16.1. The molecule has 0 spiro atoms. The van der Waals surface area contributed by atoms with Crippen molar-refractivity contribution >= 4 is 5.95 Å². The number of nitrogens with one attached hydrogen (secondary N) is 2. The van der Waals surface area contributed by atoms with Crippen LogP contribution in [0, 0.1) is 6.92 Å². The molecule has 6 heteroatoms. The molecule has 0 fully saturated rings. The van der Waals surface area contributed by atoms with Gasteiger partial charge in [0.15, 0.2) is 0 Å². The maximum Gasteiger partial charge on any atom is 0.352 e. The van der Waals surface area contributed by atoms with E-state index in [1.165, 1.54) is 4.57 Å². The minimum atomic E-state index is -0.339. The van der Waals surface area contributed by atoms with E-state index < -0.39 is 0 Å². The molecule has 0 unspecified atom stereocenters. The predicted octanol–water partition coefficient (Wildman–Crippen LogP) is 1.09. The maximum absolute atomic E-state index is 11.9. The first-order chi connectivity index (χ1) is 9.13. The molecule has 0 saturated heterocycles. The summed E-state index contributed by atoms with van der Waals surface area (Å²) >= 11 is 0. The van der Waals surface area contributed by atoms with Crippen molar-refractivity contribution in [1.29, 1.82) is 0 Å². The summed E-state index contributed by atoms with van der Waals surface area (Å²) in [7, 11) is 1.67. The third-order valence-electron chi connectivity index (χ3n) is 2.78. The van der Waals surface area contributed by atoms with Crippen LogP contribution in [0.5, 0.6) is 0 Å². The minimum absolute atomic E-state index is 0.281. The van der Waals surface area contributed by atoms with Crippen molar-refractivity contribution in [3.8, 4) is 11.4 Å². The summed E-state index contributed by atoms with van der Waals surface area (Å²) < 4.78 is 1.44. The number of rotatable bonds is 4. The lowest BCUT2D eigenvalue weighted by Crippen LogP contribution is -2.29. The fraction of sp³-hybridized carbons (Fsp3) is 0.308. The Morgan fingerprint density at radius 3 is 2.68 bits per heavy atom. The van der Waals surface area contributed by atoms with Crippen molar-refractivity contribution in [1.82, 2.24) is 20.0 Å². The summed E-state index contributed by atoms with van der Waals surface area (Å²) in [6.07, 6.45) is 0. The minimum Gasteiger partial charge on any atom is -0.289 e. The summed E-state index contributed by atoms with van der Waals surface area (Å²) in [5.74, 6) is 0.877. The molecule has 1 aromatic carbocycles. The first-order valence-electron chi connectivity index (χ1n) is 6.13. The topological polar surface area (TPSA) is 71.8 Å². The van der Waals surface area contributed by atoms with E-state index >= 15 is 0 Å². The van der Waals surface area contributed by atoms with Gasteiger partial charge in [0.05, 0.1) is 0 Å². The van der Waals surface area contributed by atoms with E-state index in [-0.39, 0.29) is 11.6 Å². The van der Waals surface area contributed by atoms with Crippen LogP contribution in [0.15, 0.2) is 29.1 Å². The Labute approximate surface area is 111 Å². The van der Waals surface area contributed by atoms with E-state index in [0.29, 0.717) is 12.4 Å². The Bertz CT molecular complexity index is 635. The van der Waals surface area contributed by atoms with Crippen LogP contribution in [0.25, 0.3) is 11.4 Å². The van der Waals surface area contributed by atoms with Crippen molar-refractivity contribution in [3.05, 3.63) is 40.3 Å². The van der Waals surface area contributed by atoms with Gasteiger partial charge in [0.1, 0.15) is 5.82 Å². The molecule has 0 radical (unpaired) electrons. The predicted molar refractivity (Wildman–Crippen MR) is 74.7 cm³/mol. The maximum atomic E-state index is 11.9. The molecule has 0 aliphatic carbocycles. The van der Waals surface area contributed by atoms with Gasteiger partial charge in [0, 0.05) is 19.2 Å². The summed E-state index contributed by atoms with van der Waals surface area (Å²) in [4.78, 5) is 20.1. The molecule has 2 N–H and O–H groups in total. The smallest absolute Gasteiger partial charge is 0.289 e. The molecule has 6 nitrogen and oxygen atoms in total. The number of hydrazine groups is 1. The largest absolute Gasteiger partial charge is 0.352 e. The fourth-order valence-electron chi connectivity index (χ4n) is 1.74. The van der Waals surface area contributed by atoms with Crippen LogP contribution in [0.1, 0.15) is 12.5 Å². The number of anilines is 1. The molecule has 0 atom stereocenters. The lowest BCUT2D eigenvalue weighted by Gasteiger charge is -2.11. The lowest BCUT2D eigenvalue weighted by atomic mass is 10.1. The van der Waals surface area contributed by atoms with Crippen molar-refractivity contribution in [3.63, 3.8) is 0 Å². The van der Waals surface area contributed by atoms with Crippen LogP contribution in [0.4, 0.5) is 5.95 Å². The number of nitrogens with zero attached hydrogens (tertiary/aromatic N) is 3. The van der Waals surface area contributed by atoms with Crippen molar-refractivity contribution in [2.24, 2.45) is 7.05 Å². The summed E-state index contributed by atoms with van der Waals surface area (Å²) in [6.45, 7) is 4.63. The zero-order chi connectivity index (χ0) is 13.8. The van der Waals surface area contributed by atoms with Crippen LogP contribution in [-0.4, -0.2) is 21.1 Å². The highest BCUT2D eigenvalue weighted by molar-refractivity contribution is 5.60. The number of aromatic nitrogens is 3. The summed E-state index contributed by atoms with van der Waals surface area (Å²) in [5, 5.41) is 0. The van der Waals surface area contributed by atoms with Gasteiger partial charge in [-0.3, -0.25) is 9.99 Å². The van der Waals surface area contributed by atoms with E-state index in [4.69, 9.17) is 0 Å². The van der Waals surface area contributed by atoms with E-state index in [0.717, 1.165) is 11.1 Å². The third kappa shape index (κ3) is 2.79. The van der Waals surface area contributed by atoms with Crippen LogP contribution in [0.3, 0.4) is 0 Å². The van der Waals surface area contributed by atoms with Crippen LogP contribution >= 0.6 is 0 Å². The Hall–Kier alpha value is -2.21. The molecule has 100 valence electrons. The molecule has 0 aliphatic heterocycles. The zero-order valence-corrected chi connectivity index (χ0v) is 11.3. The molecule has 0 amide bonds. The van der Waals surface area contributed by atoms with Crippen LogP contribution < -0.4 is 16.5 Å². The first-order valence-corrected chi connectivity index (χ1v) is 6.13. The van der Waals surface area contributed by atoms with Crippen LogP contribution in [-0.2, 0) is 7.05 Å². The Balaban J connectivity index is 2.53. The second kappa shape index (κ2) is 5.62. The van der Waals surface area contributed by atoms with Gasteiger partial charge in [0.25, 0.3) is 0 Å². The van der Waals surface area contributed by atoms with E-state index in [1.807, 2.05) is 38.1 Å². The van der Waals surface area contributed by atoms with Gasteiger partial charge in [-0.1, -0.05) is 31.2 Å². The molecular weight excluding hydrogens is 242 g/mol. The average molecular weight is 259 g/mol. The number of hydrogen-bond acceptors (Lipinski definition) is 5. The highest BCUT2D eigenvalue weighted by Crippen LogP contribution is 2.19. The van der Waals surface area contributed by atoms with Gasteiger partial charge >= 0.3 is 5.69 Å². The molecule has 0 saturated carbocycles. The third-order valence-corrected chi connectivity index (χ3v) is 2.78. The van der Waals surface area contributed by atoms with Gasteiger partial charge in [0.2, 0.25) is 5.95 Å². The molecular formula is C13H17N5O. The SMILES string of the molecule is CCNNc1nc(-c2ccccc2C)n(C)c(=O)n1. The first kappa shape index (κ1) is 13.2.